The Balaban J connectivity index is 1.54. The summed E-state index contributed by atoms with van der Waals surface area (Å²) < 4.78 is 5.36. The number of guanidine groups is 1. The van der Waals surface area contributed by atoms with Gasteiger partial charge in [-0.2, -0.15) is 0 Å². The summed E-state index contributed by atoms with van der Waals surface area (Å²) in [6.07, 6.45) is 0.498. The Morgan fingerprint density at radius 3 is 2.33 bits per heavy atom. The predicted octanol–water partition coefficient (Wildman–Crippen LogP) is 3.61. The number of nitrogens with two attached hydrogens (primary N) is 1. The van der Waals surface area contributed by atoms with Crippen molar-refractivity contribution in [3.05, 3.63) is 94.5 Å². The van der Waals surface area contributed by atoms with E-state index in [4.69, 9.17) is 27.5 Å². The zero-order valence-corrected chi connectivity index (χ0v) is 19.9. The molecule has 0 saturated carbocycles. The van der Waals surface area contributed by atoms with Crippen LogP contribution in [0.4, 0.5) is 5.69 Å². The topological polar surface area (TPSA) is 155 Å². The average Bonchev–Trinajstić information content (AvgIpc) is 2.84. The van der Waals surface area contributed by atoms with E-state index in [1.54, 1.807) is 36.4 Å². The molecule has 0 unspecified atom stereocenters. The number of halogens is 1. The molecule has 3 aromatic carbocycles. The van der Waals surface area contributed by atoms with Gasteiger partial charge in [-0.3, -0.25) is 10.2 Å². The Kier molecular flexibility index (Phi) is 9.01. The van der Waals surface area contributed by atoms with Gasteiger partial charge in [-0.05, 0) is 53.9 Å². The standard InChI is InChI=1S/C26H25ClN4O5/c27-21-15-20(36-25(35)18-6-10-19(11-7-18)30-26(28)29)12-8-17(21)9-13-23(32)31-22(24(33)34)14-16-4-2-1-3-5-16/h1-8,10-12,15,22H,9,13-14H2,(H,31,32)(H,33,34)(H4,28,29,30)/t22-/m0/s1. The first-order chi connectivity index (χ1) is 17.2. The van der Waals surface area contributed by atoms with Crippen LogP contribution in [0.3, 0.4) is 0 Å². The molecule has 0 aliphatic rings. The lowest BCUT2D eigenvalue weighted by Gasteiger charge is -2.15. The third-order valence-corrected chi connectivity index (χ3v) is 5.52. The number of carboxylic acids is 1. The highest BCUT2D eigenvalue weighted by molar-refractivity contribution is 6.31. The maximum atomic E-state index is 12.4. The van der Waals surface area contributed by atoms with Crippen molar-refractivity contribution in [3.63, 3.8) is 0 Å². The van der Waals surface area contributed by atoms with Crippen molar-refractivity contribution in [1.29, 1.82) is 5.41 Å². The molecule has 3 aromatic rings. The summed E-state index contributed by atoms with van der Waals surface area (Å²) in [6, 6.07) is 19.0. The Morgan fingerprint density at radius 1 is 1.03 bits per heavy atom. The van der Waals surface area contributed by atoms with Gasteiger partial charge in [0.2, 0.25) is 5.91 Å². The van der Waals surface area contributed by atoms with Gasteiger partial charge in [-0.1, -0.05) is 48.0 Å². The van der Waals surface area contributed by atoms with Crippen LogP contribution < -0.4 is 21.1 Å². The maximum absolute atomic E-state index is 12.4. The Morgan fingerprint density at radius 2 is 1.72 bits per heavy atom. The van der Waals surface area contributed by atoms with Gasteiger partial charge in [0.25, 0.3) is 0 Å². The largest absolute Gasteiger partial charge is 0.480 e. The molecule has 0 spiro atoms. The number of hydrogen-bond donors (Lipinski definition) is 5. The molecule has 36 heavy (non-hydrogen) atoms. The van der Waals surface area contributed by atoms with Crippen molar-refractivity contribution >= 4 is 41.1 Å². The number of aliphatic carboxylic acids is 1. The van der Waals surface area contributed by atoms with E-state index in [1.165, 1.54) is 18.2 Å². The van der Waals surface area contributed by atoms with Crippen molar-refractivity contribution < 1.29 is 24.2 Å². The number of amides is 1. The van der Waals surface area contributed by atoms with Crippen molar-refractivity contribution in [2.24, 2.45) is 5.73 Å². The molecular weight excluding hydrogens is 484 g/mol. The zero-order valence-electron chi connectivity index (χ0n) is 19.2. The van der Waals surface area contributed by atoms with Gasteiger partial charge in [-0.25, -0.2) is 9.59 Å². The molecule has 0 aromatic heterocycles. The fourth-order valence-corrected chi connectivity index (χ4v) is 3.63. The Hall–Kier alpha value is -4.37. The molecule has 0 bridgehead atoms. The molecule has 0 saturated heterocycles. The molecule has 1 amide bonds. The van der Waals surface area contributed by atoms with E-state index in [-0.39, 0.29) is 31.0 Å². The molecule has 0 aliphatic heterocycles. The van der Waals surface area contributed by atoms with Crippen molar-refractivity contribution in [2.45, 2.75) is 25.3 Å². The second-order valence-corrected chi connectivity index (χ2v) is 8.31. The summed E-state index contributed by atoms with van der Waals surface area (Å²) in [5.41, 5.74) is 7.59. The summed E-state index contributed by atoms with van der Waals surface area (Å²) in [4.78, 5) is 36.3. The molecule has 9 nitrogen and oxygen atoms in total. The third-order valence-electron chi connectivity index (χ3n) is 5.17. The van der Waals surface area contributed by atoms with Crippen LogP contribution in [0.2, 0.25) is 5.02 Å². The van der Waals surface area contributed by atoms with Crippen LogP contribution in [-0.2, 0) is 22.4 Å². The minimum atomic E-state index is -1.11. The Labute approximate surface area is 212 Å². The van der Waals surface area contributed by atoms with Crippen molar-refractivity contribution in [2.75, 3.05) is 5.32 Å². The first-order valence-electron chi connectivity index (χ1n) is 11.0. The monoisotopic (exact) mass is 508 g/mol. The second kappa shape index (κ2) is 12.4. The van der Waals surface area contributed by atoms with Gasteiger partial charge in [-0.15, -0.1) is 0 Å². The molecule has 0 radical (unpaired) electrons. The minimum absolute atomic E-state index is 0.0398. The van der Waals surface area contributed by atoms with Crippen molar-refractivity contribution in [1.82, 2.24) is 5.32 Å². The van der Waals surface area contributed by atoms with E-state index in [9.17, 15) is 19.5 Å². The van der Waals surface area contributed by atoms with Crippen LogP contribution in [0.15, 0.2) is 72.8 Å². The highest BCUT2D eigenvalue weighted by atomic mass is 35.5. The fourth-order valence-electron chi connectivity index (χ4n) is 3.37. The molecule has 3 rings (SSSR count). The van der Waals surface area contributed by atoms with Crippen LogP contribution >= 0.6 is 11.6 Å². The van der Waals surface area contributed by atoms with E-state index in [0.717, 1.165) is 5.56 Å². The smallest absolute Gasteiger partial charge is 0.343 e. The predicted molar refractivity (Wildman–Crippen MR) is 136 cm³/mol. The average molecular weight is 509 g/mol. The molecular formula is C26H25ClN4O5. The first-order valence-corrected chi connectivity index (χ1v) is 11.4. The van der Waals surface area contributed by atoms with Crippen molar-refractivity contribution in [3.8, 4) is 5.75 Å². The first kappa shape index (κ1) is 26.2. The van der Waals surface area contributed by atoms with Gasteiger partial charge >= 0.3 is 11.9 Å². The molecule has 10 heteroatoms. The number of nitrogens with one attached hydrogen (secondary N) is 3. The quantitative estimate of drug-likeness (QED) is 0.121. The highest BCUT2D eigenvalue weighted by Crippen LogP contribution is 2.24. The Bertz CT molecular complexity index is 1250. The lowest BCUT2D eigenvalue weighted by Crippen LogP contribution is -2.42. The van der Waals surface area contributed by atoms with Crippen LogP contribution in [0.25, 0.3) is 0 Å². The minimum Gasteiger partial charge on any atom is -0.480 e. The SMILES string of the molecule is N=C(N)Nc1ccc(C(=O)Oc2ccc(CCC(=O)N[C@@H](Cc3ccccc3)C(=O)O)c(Cl)c2)cc1. The number of benzene rings is 3. The molecule has 186 valence electrons. The fraction of sp³-hybridized carbons (Fsp3) is 0.154. The highest BCUT2D eigenvalue weighted by Gasteiger charge is 2.20. The number of anilines is 1. The van der Waals surface area contributed by atoms with Gasteiger partial charge in [0.1, 0.15) is 11.8 Å². The zero-order chi connectivity index (χ0) is 26.1. The van der Waals surface area contributed by atoms with Crippen LogP contribution in [0.1, 0.15) is 27.9 Å². The lowest BCUT2D eigenvalue weighted by atomic mass is 10.1. The van der Waals surface area contributed by atoms with E-state index >= 15 is 0 Å². The van der Waals surface area contributed by atoms with E-state index in [0.29, 0.717) is 21.8 Å². The number of hydrogen-bond acceptors (Lipinski definition) is 5. The maximum Gasteiger partial charge on any atom is 0.343 e. The number of ether oxygens (including phenoxy) is 1. The normalized spacial score (nSPS) is 11.2. The van der Waals surface area contributed by atoms with E-state index in [2.05, 4.69) is 10.6 Å². The number of esters is 1. The number of aryl methyl sites for hydroxylation is 1. The second-order valence-electron chi connectivity index (χ2n) is 7.91. The van der Waals surface area contributed by atoms with Crippen LogP contribution in [0.5, 0.6) is 5.75 Å². The van der Waals surface area contributed by atoms with Gasteiger partial charge in [0.05, 0.1) is 5.56 Å². The molecule has 1 atom stereocenters. The van der Waals surface area contributed by atoms with Gasteiger partial charge < -0.3 is 26.2 Å². The third kappa shape index (κ3) is 7.85. The van der Waals surface area contributed by atoms with E-state index in [1.807, 2.05) is 18.2 Å². The lowest BCUT2D eigenvalue weighted by molar-refractivity contribution is -0.141. The number of carbonyl (C=O) groups is 3. The molecule has 0 fully saturated rings. The van der Waals surface area contributed by atoms with Gasteiger partial charge in [0, 0.05) is 23.6 Å². The van der Waals surface area contributed by atoms with Crippen LogP contribution in [-0.4, -0.2) is 35.0 Å². The summed E-state index contributed by atoms with van der Waals surface area (Å²) in [6.45, 7) is 0. The molecule has 6 N–H and O–H groups in total. The number of carbonyl (C=O) groups excluding carboxylic acids is 2. The summed E-state index contributed by atoms with van der Waals surface area (Å²) >= 11 is 6.32. The number of carboxylic acid groups (broad SMARTS) is 1. The summed E-state index contributed by atoms with van der Waals surface area (Å²) in [5.74, 6) is -2.09. The number of rotatable bonds is 10. The van der Waals surface area contributed by atoms with Gasteiger partial charge in [0.15, 0.2) is 5.96 Å². The summed E-state index contributed by atoms with van der Waals surface area (Å²) in [5, 5.41) is 22.1. The summed E-state index contributed by atoms with van der Waals surface area (Å²) in [7, 11) is 0. The van der Waals surface area contributed by atoms with E-state index < -0.39 is 23.9 Å². The molecule has 0 heterocycles. The molecule has 0 aliphatic carbocycles. The van der Waals surface area contributed by atoms with Crippen LogP contribution in [0, 0.1) is 5.41 Å².